The van der Waals surface area contributed by atoms with Crippen LogP contribution in [0.5, 0.6) is 0 Å². The molecule has 25 heavy (non-hydrogen) atoms. The topological polar surface area (TPSA) is 76.1 Å². The van der Waals surface area contributed by atoms with Crippen LogP contribution >= 0.6 is 11.6 Å². The summed E-state index contributed by atoms with van der Waals surface area (Å²) >= 11 is 6.21. The van der Waals surface area contributed by atoms with E-state index in [9.17, 15) is 4.79 Å². The molecule has 134 valence electrons. The highest BCUT2D eigenvalue weighted by Crippen LogP contribution is 2.26. The molecule has 0 saturated carbocycles. The number of unbranched alkanes of at least 4 members (excludes halogenated alkanes) is 2. The molecule has 0 unspecified atom stereocenters. The number of halogens is 1. The summed E-state index contributed by atoms with van der Waals surface area (Å²) in [4.78, 5) is 20.5. The number of esters is 1. The highest BCUT2D eigenvalue weighted by Gasteiger charge is 2.11. The van der Waals surface area contributed by atoms with Gasteiger partial charge in [0.2, 0.25) is 5.95 Å². The molecule has 2 N–H and O–H groups in total. The van der Waals surface area contributed by atoms with Crippen LogP contribution in [-0.4, -0.2) is 29.6 Å². The smallest absolute Gasteiger partial charge is 0.337 e. The third kappa shape index (κ3) is 5.60. The average molecular weight is 363 g/mol. The molecular weight excluding hydrogens is 340 g/mol. The van der Waals surface area contributed by atoms with Crippen LogP contribution in [0.2, 0.25) is 5.02 Å². The number of nitrogens with zero attached hydrogens (tertiary/aromatic N) is 2. The number of nitrogens with one attached hydrogen (secondary N) is 2. The van der Waals surface area contributed by atoms with Gasteiger partial charge >= 0.3 is 5.97 Å². The van der Waals surface area contributed by atoms with Crippen LogP contribution in [0, 0.1) is 6.92 Å². The van der Waals surface area contributed by atoms with Gasteiger partial charge in [0.05, 0.1) is 23.4 Å². The molecule has 0 aliphatic carbocycles. The Kier molecular flexibility index (Phi) is 7.01. The Labute approximate surface area is 153 Å². The molecule has 0 aliphatic heterocycles. The Morgan fingerprint density at radius 3 is 2.76 bits per heavy atom. The predicted octanol–water partition coefficient (Wildman–Crippen LogP) is 4.57. The second-order valence-electron chi connectivity index (χ2n) is 5.66. The summed E-state index contributed by atoms with van der Waals surface area (Å²) in [6.45, 7) is 4.93. The maximum atomic E-state index is 11.7. The van der Waals surface area contributed by atoms with Gasteiger partial charge in [-0.1, -0.05) is 31.4 Å². The second kappa shape index (κ2) is 9.22. The number of benzene rings is 1. The van der Waals surface area contributed by atoms with E-state index in [1.807, 2.05) is 13.0 Å². The van der Waals surface area contributed by atoms with Crippen LogP contribution in [0.25, 0.3) is 0 Å². The lowest BCUT2D eigenvalue weighted by Gasteiger charge is -2.11. The summed E-state index contributed by atoms with van der Waals surface area (Å²) in [5, 5.41) is 6.84. The number of hydrogen-bond acceptors (Lipinski definition) is 6. The van der Waals surface area contributed by atoms with Gasteiger partial charge in [0.1, 0.15) is 5.82 Å². The highest BCUT2D eigenvalue weighted by molar-refractivity contribution is 6.33. The van der Waals surface area contributed by atoms with Crippen molar-refractivity contribution < 1.29 is 9.53 Å². The summed E-state index contributed by atoms with van der Waals surface area (Å²) in [6, 6.07) is 6.75. The van der Waals surface area contributed by atoms with Crippen molar-refractivity contribution in [1.29, 1.82) is 0 Å². The molecule has 0 saturated heterocycles. The number of anilines is 3. The van der Waals surface area contributed by atoms with Gasteiger partial charge in [0, 0.05) is 18.3 Å². The summed E-state index contributed by atoms with van der Waals surface area (Å²) in [7, 11) is 1.34. The zero-order valence-corrected chi connectivity index (χ0v) is 15.5. The van der Waals surface area contributed by atoms with E-state index in [0.717, 1.165) is 24.5 Å². The third-order valence-corrected chi connectivity index (χ3v) is 3.90. The quantitative estimate of drug-likeness (QED) is 0.529. The van der Waals surface area contributed by atoms with E-state index in [-0.39, 0.29) is 0 Å². The van der Waals surface area contributed by atoms with E-state index < -0.39 is 5.97 Å². The van der Waals surface area contributed by atoms with Crippen LogP contribution in [0.3, 0.4) is 0 Å². The minimum absolute atomic E-state index is 0.403. The van der Waals surface area contributed by atoms with Crippen molar-refractivity contribution in [2.75, 3.05) is 24.3 Å². The Hall–Kier alpha value is -2.34. The number of carbonyl (C=O) groups excluding carboxylic acids is 1. The van der Waals surface area contributed by atoms with E-state index in [1.54, 1.807) is 18.2 Å². The van der Waals surface area contributed by atoms with Crippen LogP contribution in [-0.2, 0) is 4.74 Å². The second-order valence-corrected chi connectivity index (χ2v) is 6.07. The number of aromatic nitrogens is 2. The van der Waals surface area contributed by atoms with E-state index in [2.05, 4.69) is 27.5 Å². The van der Waals surface area contributed by atoms with E-state index in [1.165, 1.54) is 20.0 Å². The van der Waals surface area contributed by atoms with Gasteiger partial charge in [-0.25, -0.2) is 9.78 Å². The van der Waals surface area contributed by atoms with Crippen molar-refractivity contribution in [3.63, 3.8) is 0 Å². The van der Waals surface area contributed by atoms with Gasteiger partial charge in [-0.2, -0.15) is 4.98 Å². The molecule has 7 heteroatoms. The maximum Gasteiger partial charge on any atom is 0.337 e. The predicted molar refractivity (Wildman–Crippen MR) is 101 cm³/mol. The largest absolute Gasteiger partial charge is 0.465 e. The van der Waals surface area contributed by atoms with Crippen molar-refractivity contribution in [1.82, 2.24) is 9.97 Å². The first-order valence-corrected chi connectivity index (χ1v) is 8.65. The molecule has 1 heterocycles. The average Bonchev–Trinajstić information content (AvgIpc) is 2.59. The summed E-state index contributed by atoms with van der Waals surface area (Å²) in [5.74, 6) is 0.747. The number of methoxy groups -OCH3 is 1. The van der Waals surface area contributed by atoms with Gasteiger partial charge in [0.25, 0.3) is 0 Å². The monoisotopic (exact) mass is 362 g/mol. The minimum Gasteiger partial charge on any atom is -0.465 e. The molecule has 6 nitrogen and oxygen atoms in total. The maximum absolute atomic E-state index is 11.7. The molecule has 0 radical (unpaired) electrons. The Morgan fingerprint density at radius 1 is 1.24 bits per heavy atom. The minimum atomic E-state index is -0.428. The first-order valence-electron chi connectivity index (χ1n) is 8.28. The fourth-order valence-corrected chi connectivity index (χ4v) is 2.46. The summed E-state index contributed by atoms with van der Waals surface area (Å²) in [5.41, 5.74) is 1.78. The molecule has 0 bridgehead atoms. The fourth-order valence-electron chi connectivity index (χ4n) is 2.29. The third-order valence-electron chi connectivity index (χ3n) is 3.57. The number of rotatable bonds is 8. The summed E-state index contributed by atoms with van der Waals surface area (Å²) in [6.07, 6.45) is 3.44. The summed E-state index contributed by atoms with van der Waals surface area (Å²) < 4.78 is 4.73. The molecular formula is C18H23ClN4O2. The highest BCUT2D eigenvalue weighted by atomic mass is 35.5. The van der Waals surface area contributed by atoms with Crippen molar-refractivity contribution in [3.05, 3.63) is 40.5 Å². The first kappa shape index (κ1) is 19.0. The Bertz CT molecular complexity index is 737. The van der Waals surface area contributed by atoms with Gasteiger partial charge in [-0.3, -0.25) is 0 Å². The number of carbonyl (C=O) groups is 1. The fraction of sp³-hybridized carbons (Fsp3) is 0.389. The van der Waals surface area contributed by atoms with Crippen LogP contribution in [0.15, 0.2) is 24.3 Å². The van der Waals surface area contributed by atoms with Crippen molar-refractivity contribution in [2.24, 2.45) is 0 Å². The van der Waals surface area contributed by atoms with E-state index in [0.29, 0.717) is 22.2 Å². The molecule has 1 aromatic carbocycles. The molecule has 0 amide bonds. The molecule has 0 aliphatic rings. The number of hydrogen-bond donors (Lipinski definition) is 2. The standard InChI is InChI=1S/C18H23ClN4O2/c1-4-5-6-9-20-16-10-12(2)21-18(23-16)22-15-11-13(17(24)25-3)7-8-14(15)19/h7-8,10-11H,4-6,9H2,1-3H3,(H2,20,21,22,23). The Balaban J connectivity index is 2.16. The lowest BCUT2D eigenvalue weighted by Crippen LogP contribution is -2.07. The van der Waals surface area contributed by atoms with Gasteiger partial charge < -0.3 is 15.4 Å². The van der Waals surface area contributed by atoms with Crippen LogP contribution < -0.4 is 10.6 Å². The molecule has 2 rings (SSSR count). The van der Waals surface area contributed by atoms with Crippen molar-refractivity contribution >= 4 is 35.0 Å². The normalized spacial score (nSPS) is 10.4. The van der Waals surface area contributed by atoms with Crippen LogP contribution in [0.4, 0.5) is 17.5 Å². The zero-order valence-electron chi connectivity index (χ0n) is 14.7. The van der Waals surface area contributed by atoms with Gasteiger partial charge in [0.15, 0.2) is 0 Å². The van der Waals surface area contributed by atoms with Gasteiger partial charge in [-0.05, 0) is 31.5 Å². The molecule has 1 aromatic heterocycles. The van der Waals surface area contributed by atoms with Crippen LogP contribution in [0.1, 0.15) is 42.2 Å². The molecule has 0 spiro atoms. The molecule has 0 atom stereocenters. The van der Waals surface area contributed by atoms with Crippen molar-refractivity contribution in [2.45, 2.75) is 33.1 Å². The van der Waals surface area contributed by atoms with Gasteiger partial charge in [-0.15, -0.1) is 0 Å². The molecule has 0 fully saturated rings. The van der Waals surface area contributed by atoms with E-state index >= 15 is 0 Å². The number of ether oxygens (including phenoxy) is 1. The first-order chi connectivity index (χ1) is 12.0. The lowest BCUT2D eigenvalue weighted by molar-refractivity contribution is 0.0601. The Morgan fingerprint density at radius 2 is 2.04 bits per heavy atom. The van der Waals surface area contributed by atoms with E-state index in [4.69, 9.17) is 16.3 Å². The van der Waals surface area contributed by atoms with Crippen molar-refractivity contribution in [3.8, 4) is 0 Å². The zero-order chi connectivity index (χ0) is 18.2. The SMILES string of the molecule is CCCCCNc1cc(C)nc(Nc2cc(C(=O)OC)ccc2Cl)n1. The number of aryl methyl sites for hydroxylation is 1. The molecule has 2 aromatic rings. The lowest BCUT2D eigenvalue weighted by atomic mass is 10.2.